The number of rotatable bonds is 4. The Labute approximate surface area is 86.9 Å². The zero-order chi connectivity index (χ0) is 10.6. The first-order valence-corrected chi connectivity index (χ1v) is 5.49. The lowest BCUT2D eigenvalue weighted by Crippen LogP contribution is -2.39. The average Bonchev–Trinajstić information content (AvgIpc) is 2.65. The SMILES string of the molecule is CC(C#N)CN(C)C1CCCC1CN. The standard InChI is InChI=1S/C11H21N3/c1-9(6-12)8-14(2)11-5-3-4-10(11)7-13/h9-11H,3-5,7-8,13H2,1-2H3. The van der Waals surface area contributed by atoms with Crippen LogP contribution >= 0.6 is 0 Å². The van der Waals surface area contributed by atoms with Crippen LogP contribution in [0.4, 0.5) is 0 Å². The quantitative estimate of drug-likeness (QED) is 0.733. The topological polar surface area (TPSA) is 53.0 Å². The molecule has 3 heteroatoms. The largest absolute Gasteiger partial charge is 0.330 e. The first-order valence-electron chi connectivity index (χ1n) is 5.49. The van der Waals surface area contributed by atoms with Crippen molar-refractivity contribution in [3.63, 3.8) is 0 Å². The predicted molar refractivity (Wildman–Crippen MR) is 57.6 cm³/mol. The Hall–Kier alpha value is -0.590. The molecule has 0 aromatic heterocycles. The summed E-state index contributed by atoms with van der Waals surface area (Å²) in [6, 6.07) is 2.89. The molecule has 0 spiro atoms. The third-order valence-electron chi connectivity index (χ3n) is 3.27. The second-order valence-electron chi connectivity index (χ2n) is 4.46. The van der Waals surface area contributed by atoms with Crippen molar-refractivity contribution >= 4 is 0 Å². The lowest BCUT2D eigenvalue weighted by molar-refractivity contribution is 0.188. The smallest absolute Gasteiger partial charge is 0.0666 e. The zero-order valence-electron chi connectivity index (χ0n) is 9.24. The Bertz CT molecular complexity index is 209. The molecule has 0 bridgehead atoms. The Kier molecular flexibility index (Phi) is 4.37. The molecule has 0 amide bonds. The molecular formula is C11H21N3. The van der Waals surface area contributed by atoms with Gasteiger partial charge in [0.15, 0.2) is 0 Å². The maximum atomic E-state index is 8.75. The molecule has 1 aliphatic carbocycles. The summed E-state index contributed by atoms with van der Waals surface area (Å²) in [5.74, 6) is 0.768. The predicted octanol–water partition coefficient (Wildman–Crippen LogP) is 1.21. The van der Waals surface area contributed by atoms with Crippen LogP contribution in [0.5, 0.6) is 0 Å². The van der Waals surface area contributed by atoms with E-state index in [2.05, 4.69) is 18.0 Å². The van der Waals surface area contributed by atoms with Crippen LogP contribution < -0.4 is 5.73 Å². The molecule has 0 aliphatic heterocycles. The van der Waals surface area contributed by atoms with Crippen molar-refractivity contribution in [2.24, 2.45) is 17.6 Å². The second-order valence-corrected chi connectivity index (χ2v) is 4.46. The van der Waals surface area contributed by atoms with Gasteiger partial charge >= 0.3 is 0 Å². The highest BCUT2D eigenvalue weighted by molar-refractivity contribution is 4.88. The van der Waals surface area contributed by atoms with Gasteiger partial charge in [-0.05, 0) is 39.3 Å². The van der Waals surface area contributed by atoms with E-state index in [4.69, 9.17) is 11.0 Å². The monoisotopic (exact) mass is 195 g/mol. The van der Waals surface area contributed by atoms with Gasteiger partial charge in [-0.25, -0.2) is 0 Å². The summed E-state index contributed by atoms with van der Waals surface area (Å²) in [6.45, 7) is 3.64. The van der Waals surface area contributed by atoms with E-state index in [-0.39, 0.29) is 5.92 Å². The summed E-state index contributed by atoms with van der Waals surface area (Å²) < 4.78 is 0. The molecular weight excluding hydrogens is 174 g/mol. The Morgan fingerprint density at radius 1 is 1.57 bits per heavy atom. The summed E-state index contributed by atoms with van der Waals surface area (Å²) in [4.78, 5) is 2.32. The molecule has 0 saturated heterocycles. The first-order chi connectivity index (χ1) is 6.69. The van der Waals surface area contributed by atoms with Crippen LogP contribution in [0.15, 0.2) is 0 Å². The second kappa shape index (κ2) is 5.33. The highest BCUT2D eigenvalue weighted by Gasteiger charge is 2.29. The van der Waals surface area contributed by atoms with E-state index < -0.39 is 0 Å². The highest BCUT2D eigenvalue weighted by atomic mass is 15.1. The number of hydrogen-bond donors (Lipinski definition) is 1. The van der Waals surface area contributed by atoms with E-state index in [1.54, 1.807) is 0 Å². The van der Waals surface area contributed by atoms with Crippen molar-refractivity contribution in [1.29, 1.82) is 5.26 Å². The summed E-state index contributed by atoms with van der Waals surface area (Å²) in [7, 11) is 2.12. The zero-order valence-corrected chi connectivity index (χ0v) is 9.24. The van der Waals surface area contributed by atoms with Crippen LogP contribution in [0.3, 0.4) is 0 Å². The molecule has 3 atom stereocenters. The molecule has 80 valence electrons. The van der Waals surface area contributed by atoms with Gasteiger partial charge in [-0.3, -0.25) is 0 Å². The van der Waals surface area contributed by atoms with Gasteiger partial charge in [-0.15, -0.1) is 0 Å². The van der Waals surface area contributed by atoms with E-state index in [1.165, 1.54) is 19.3 Å². The van der Waals surface area contributed by atoms with E-state index in [1.807, 2.05) is 6.92 Å². The summed E-state index contributed by atoms with van der Waals surface area (Å²) >= 11 is 0. The molecule has 2 N–H and O–H groups in total. The van der Waals surface area contributed by atoms with Crippen LogP contribution in [0.2, 0.25) is 0 Å². The maximum Gasteiger partial charge on any atom is 0.0666 e. The number of nitrogens with two attached hydrogens (primary N) is 1. The van der Waals surface area contributed by atoms with Crippen molar-refractivity contribution < 1.29 is 0 Å². The van der Waals surface area contributed by atoms with E-state index in [9.17, 15) is 0 Å². The summed E-state index contributed by atoms with van der Waals surface area (Å²) in [6.07, 6.45) is 3.79. The number of hydrogen-bond acceptors (Lipinski definition) is 3. The van der Waals surface area contributed by atoms with E-state index >= 15 is 0 Å². The van der Waals surface area contributed by atoms with Gasteiger partial charge in [0.2, 0.25) is 0 Å². The van der Waals surface area contributed by atoms with Crippen LogP contribution in [-0.2, 0) is 0 Å². The molecule has 0 aromatic carbocycles. The van der Waals surface area contributed by atoms with Gasteiger partial charge in [0, 0.05) is 12.6 Å². The van der Waals surface area contributed by atoms with Gasteiger partial charge in [0.1, 0.15) is 0 Å². The van der Waals surface area contributed by atoms with Crippen molar-refractivity contribution in [2.45, 2.75) is 32.2 Å². The van der Waals surface area contributed by atoms with Crippen molar-refractivity contribution in [2.75, 3.05) is 20.1 Å². The minimum absolute atomic E-state index is 0.124. The summed E-state index contributed by atoms with van der Waals surface area (Å²) in [5, 5.41) is 8.75. The Morgan fingerprint density at radius 2 is 2.29 bits per heavy atom. The third kappa shape index (κ3) is 2.70. The molecule has 1 fully saturated rings. The van der Waals surface area contributed by atoms with Crippen LogP contribution in [0.25, 0.3) is 0 Å². The fraction of sp³-hybridized carbons (Fsp3) is 0.909. The van der Waals surface area contributed by atoms with Gasteiger partial charge in [-0.1, -0.05) is 6.42 Å². The molecule has 0 radical (unpaired) electrons. The van der Waals surface area contributed by atoms with Crippen molar-refractivity contribution in [3.05, 3.63) is 0 Å². The molecule has 14 heavy (non-hydrogen) atoms. The van der Waals surface area contributed by atoms with Gasteiger partial charge < -0.3 is 10.6 Å². The molecule has 3 unspecified atom stereocenters. The van der Waals surface area contributed by atoms with Crippen LogP contribution in [0.1, 0.15) is 26.2 Å². The van der Waals surface area contributed by atoms with Crippen LogP contribution in [0, 0.1) is 23.2 Å². The molecule has 0 heterocycles. The summed E-state index contributed by atoms with van der Waals surface area (Å²) in [5.41, 5.74) is 5.73. The fourth-order valence-electron chi connectivity index (χ4n) is 2.48. The highest BCUT2D eigenvalue weighted by Crippen LogP contribution is 2.28. The van der Waals surface area contributed by atoms with Gasteiger partial charge in [0.25, 0.3) is 0 Å². The number of nitriles is 1. The number of nitrogens with zero attached hydrogens (tertiary/aromatic N) is 2. The van der Waals surface area contributed by atoms with Crippen LogP contribution in [-0.4, -0.2) is 31.1 Å². The lowest BCUT2D eigenvalue weighted by Gasteiger charge is -2.29. The molecule has 0 aromatic rings. The molecule has 1 rings (SSSR count). The molecule has 1 aliphatic rings. The van der Waals surface area contributed by atoms with Crippen molar-refractivity contribution in [3.8, 4) is 6.07 Å². The van der Waals surface area contributed by atoms with E-state index in [0.29, 0.717) is 12.0 Å². The Morgan fingerprint density at radius 3 is 2.86 bits per heavy atom. The van der Waals surface area contributed by atoms with Gasteiger partial charge in [-0.2, -0.15) is 5.26 Å². The average molecular weight is 195 g/mol. The maximum absolute atomic E-state index is 8.75. The first kappa shape index (κ1) is 11.5. The van der Waals surface area contributed by atoms with E-state index in [0.717, 1.165) is 13.1 Å². The normalized spacial score (nSPS) is 29.1. The molecule has 3 nitrogen and oxygen atoms in total. The Balaban J connectivity index is 2.43. The van der Waals surface area contributed by atoms with Crippen molar-refractivity contribution in [1.82, 2.24) is 4.90 Å². The minimum Gasteiger partial charge on any atom is -0.330 e. The third-order valence-corrected chi connectivity index (χ3v) is 3.27. The minimum atomic E-state index is 0.124. The molecule has 1 saturated carbocycles. The van der Waals surface area contributed by atoms with Gasteiger partial charge in [0.05, 0.1) is 12.0 Å². The fourth-order valence-corrected chi connectivity index (χ4v) is 2.48. The lowest BCUT2D eigenvalue weighted by atomic mass is 10.0.